The Morgan fingerprint density at radius 1 is 1.14 bits per heavy atom. The SMILES string of the molecule is COC(=O)c1ccc(C(CC=C(C)C)c2c[nH]c3ccc(N)cc23)c(OC)c1. The monoisotopic (exact) mass is 378 g/mol. The topological polar surface area (TPSA) is 77.3 Å². The molecule has 2 aromatic carbocycles. The maximum absolute atomic E-state index is 11.9. The van der Waals surface area contributed by atoms with Crippen molar-refractivity contribution in [1.82, 2.24) is 4.98 Å². The van der Waals surface area contributed by atoms with Gasteiger partial charge in [-0.15, -0.1) is 0 Å². The Balaban J connectivity index is 2.16. The van der Waals surface area contributed by atoms with E-state index in [0.717, 1.165) is 34.1 Å². The molecule has 0 fully saturated rings. The molecule has 28 heavy (non-hydrogen) atoms. The van der Waals surface area contributed by atoms with Crippen molar-refractivity contribution in [3.63, 3.8) is 0 Å². The highest BCUT2D eigenvalue weighted by Crippen LogP contribution is 2.39. The quantitative estimate of drug-likeness (QED) is 0.358. The van der Waals surface area contributed by atoms with Crippen LogP contribution >= 0.6 is 0 Å². The van der Waals surface area contributed by atoms with Gasteiger partial charge in [-0.05, 0) is 56.2 Å². The molecule has 0 bridgehead atoms. The molecule has 1 unspecified atom stereocenters. The minimum atomic E-state index is -0.384. The van der Waals surface area contributed by atoms with Crippen molar-refractivity contribution in [2.75, 3.05) is 20.0 Å². The van der Waals surface area contributed by atoms with Crippen LogP contribution in [0.4, 0.5) is 5.69 Å². The summed E-state index contributed by atoms with van der Waals surface area (Å²) >= 11 is 0. The summed E-state index contributed by atoms with van der Waals surface area (Å²) in [4.78, 5) is 15.3. The van der Waals surface area contributed by atoms with Gasteiger partial charge in [-0.3, -0.25) is 0 Å². The number of hydrogen-bond donors (Lipinski definition) is 2. The van der Waals surface area contributed by atoms with Crippen molar-refractivity contribution >= 4 is 22.6 Å². The molecular weight excluding hydrogens is 352 g/mol. The van der Waals surface area contributed by atoms with E-state index in [0.29, 0.717) is 11.3 Å². The maximum atomic E-state index is 11.9. The van der Waals surface area contributed by atoms with E-state index in [9.17, 15) is 4.79 Å². The maximum Gasteiger partial charge on any atom is 0.337 e. The number of esters is 1. The van der Waals surface area contributed by atoms with Gasteiger partial charge in [0.2, 0.25) is 0 Å². The molecule has 0 aliphatic heterocycles. The molecule has 146 valence electrons. The number of allylic oxidation sites excluding steroid dienone is 2. The molecule has 0 aliphatic rings. The average Bonchev–Trinajstić information content (AvgIpc) is 3.10. The predicted molar refractivity (Wildman–Crippen MR) is 113 cm³/mol. The number of nitrogens with one attached hydrogen (secondary N) is 1. The molecule has 5 nitrogen and oxygen atoms in total. The van der Waals surface area contributed by atoms with E-state index in [4.69, 9.17) is 15.2 Å². The lowest BCUT2D eigenvalue weighted by molar-refractivity contribution is 0.0600. The summed E-state index contributed by atoms with van der Waals surface area (Å²) < 4.78 is 10.5. The molecule has 0 spiro atoms. The zero-order chi connectivity index (χ0) is 20.3. The van der Waals surface area contributed by atoms with Crippen LogP contribution in [0.2, 0.25) is 0 Å². The fourth-order valence-corrected chi connectivity index (χ4v) is 3.47. The van der Waals surface area contributed by atoms with Crippen LogP contribution in [0.5, 0.6) is 5.75 Å². The van der Waals surface area contributed by atoms with Crippen molar-refractivity contribution in [1.29, 1.82) is 0 Å². The molecular formula is C23H26N2O3. The van der Waals surface area contributed by atoms with Crippen molar-refractivity contribution in [2.24, 2.45) is 0 Å². The first-order chi connectivity index (χ1) is 13.4. The predicted octanol–water partition coefficient (Wildman–Crippen LogP) is 5.03. The molecule has 1 atom stereocenters. The highest BCUT2D eigenvalue weighted by atomic mass is 16.5. The standard InChI is InChI=1S/C23H26N2O3/c1-14(2)5-8-17(20-13-25-21-10-7-16(24)12-19(20)21)18-9-6-15(23(26)28-4)11-22(18)27-3/h5-7,9-13,17,25H,8,24H2,1-4H3. The number of aromatic nitrogens is 1. The highest BCUT2D eigenvalue weighted by molar-refractivity contribution is 5.90. The molecule has 1 aromatic heterocycles. The molecule has 1 heterocycles. The van der Waals surface area contributed by atoms with Crippen LogP contribution in [0, 0.1) is 0 Å². The summed E-state index contributed by atoms with van der Waals surface area (Å²) in [7, 11) is 2.99. The zero-order valence-corrected chi connectivity index (χ0v) is 16.7. The number of nitrogens with two attached hydrogens (primary N) is 1. The van der Waals surface area contributed by atoms with E-state index < -0.39 is 0 Å². The van der Waals surface area contributed by atoms with Crippen molar-refractivity contribution in [3.05, 3.63) is 70.9 Å². The second-order valence-electron chi connectivity index (χ2n) is 7.07. The Labute approximate surface area is 165 Å². The fraction of sp³-hybridized carbons (Fsp3) is 0.261. The van der Waals surface area contributed by atoms with Gasteiger partial charge in [-0.25, -0.2) is 4.79 Å². The lowest BCUT2D eigenvalue weighted by Gasteiger charge is -2.20. The molecule has 3 N–H and O–H groups in total. The molecule has 0 saturated heterocycles. The summed E-state index contributed by atoms with van der Waals surface area (Å²) in [6, 6.07) is 11.3. The first-order valence-corrected chi connectivity index (χ1v) is 9.20. The highest BCUT2D eigenvalue weighted by Gasteiger charge is 2.22. The minimum absolute atomic E-state index is 0.0482. The zero-order valence-electron chi connectivity index (χ0n) is 16.7. The summed E-state index contributed by atoms with van der Waals surface area (Å²) in [5, 5.41) is 1.09. The Morgan fingerprint density at radius 2 is 1.93 bits per heavy atom. The molecule has 0 amide bonds. The van der Waals surface area contributed by atoms with Gasteiger partial charge in [0.25, 0.3) is 0 Å². The summed E-state index contributed by atoms with van der Waals surface area (Å²) in [5.74, 6) is 0.325. The number of benzene rings is 2. The number of hydrogen-bond acceptors (Lipinski definition) is 4. The smallest absolute Gasteiger partial charge is 0.337 e. The second-order valence-corrected chi connectivity index (χ2v) is 7.07. The van der Waals surface area contributed by atoms with Gasteiger partial charge >= 0.3 is 5.97 Å². The largest absolute Gasteiger partial charge is 0.496 e. The number of carbonyl (C=O) groups is 1. The van der Waals surface area contributed by atoms with Gasteiger partial charge < -0.3 is 20.2 Å². The molecule has 0 saturated carbocycles. The van der Waals surface area contributed by atoms with Gasteiger partial charge in [-0.2, -0.15) is 0 Å². The lowest BCUT2D eigenvalue weighted by Crippen LogP contribution is -2.06. The number of ether oxygens (including phenoxy) is 2. The Bertz CT molecular complexity index is 1030. The molecule has 3 rings (SSSR count). The van der Waals surface area contributed by atoms with Gasteiger partial charge in [-0.1, -0.05) is 17.7 Å². The van der Waals surface area contributed by atoms with Gasteiger partial charge in [0.05, 0.1) is 19.8 Å². The fourth-order valence-electron chi connectivity index (χ4n) is 3.47. The van der Waals surface area contributed by atoms with E-state index in [2.05, 4.69) is 24.9 Å². The first kappa shape index (κ1) is 19.5. The number of H-pyrrole nitrogens is 1. The van der Waals surface area contributed by atoms with Crippen LogP contribution < -0.4 is 10.5 Å². The normalized spacial score (nSPS) is 11.9. The van der Waals surface area contributed by atoms with Crippen LogP contribution in [0.1, 0.15) is 47.7 Å². The van der Waals surface area contributed by atoms with Crippen LogP contribution in [0.25, 0.3) is 10.9 Å². The van der Waals surface area contributed by atoms with Crippen molar-refractivity contribution in [2.45, 2.75) is 26.2 Å². The van der Waals surface area contributed by atoms with Crippen LogP contribution in [-0.2, 0) is 4.74 Å². The minimum Gasteiger partial charge on any atom is -0.496 e. The number of aromatic amines is 1. The third kappa shape index (κ3) is 3.88. The van der Waals surface area contributed by atoms with Gasteiger partial charge in [0.15, 0.2) is 0 Å². The second kappa shape index (κ2) is 8.21. The number of rotatable bonds is 6. The van der Waals surface area contributed by atoms with Crippen LogP contribution in [-0.4, -0.2) is 25.2 Å². The molecule has 5 heteroatoms. The Kier molecular flexibility index (Phi) is 5.73. The van der Waals surface area contributed by atoms with Crippen molar-refractivity contribution < 1.29 is 14.3 Å². The summed E-state index contributed by atoms with van der Waals surface area (Å²) in [6.07, 6.45) is 5.04. The third-order valence-corrected chi connectivity index (χ3v) is 4.91. The van der Waals surface area contributed by atoms with E-state index in [1.807, 2.05) is 30.5 Å². The number of methoxy groups -OCH3 is 2. The number of carbonyl (C=O) groups excluding carboxylic acids is 1. The molecule has 3 aromatic rings. The Hall–Kier alpha value is -3.21. The molecule has 0 aliphatic carbocycles. The van der Waals surface area contributed by atoms with E-state index in [1.165, 1.54) is 12.7 Å². The van der Waals surface area contributed by atoms with E-state index in [-0.39, 0.29) is 11.9 Å². The number of fused-ring (bicyclic) bond motifs is 1. The summed E-state index contributed by atoms with van der Waals surface area (Å²) in [5.41, 5.74) is 11.7. The summed E-state index contributed by atoms with van der Waals surface area (Å²) in [6.45, 7) is 4.17. The Morgan fingerprint density at radius 3 is 2.61 bits per heavy atom. The van der Waals surface area contributed by atoms with Crippen molar-refractivity contribution in [3.8, 4) is 5.75 Å². The first-order valence-electron chi connectivity index (χ1n) is 9.20. The third-order valence-electron chi connectivity index (χ3n) is 4.91. The number of anilines is 1. The van der Waals surface area contributed by atoms with E-state index >= 15 is 0 Å². The lowest BCUT2D eigenvalue weighted by atomic mass is 9.86. The van der Waals surface area contributed by atoms with Gasteiger partial charge in [0.1, 0.15) is 5.75 Å². The number of nitrogen functional groups attached to an aromatic ring is 1. The van der Waals surface area contributed by atoms with Gasteiger partial charge in [0, 0.05) is 34.3 Å². The average molecular weight is 378 g/mol. The van der Waals surface area contributed by atoms with Crippen LogP contribution in [0.3, 0.4) is 0 Å². The van der Waals surface area contributed by atoms with Crippen LogP contribution in [0.15, 0.2) is 54.2 Å². The molecule has 0 radical (unpaired) electrons. The van der Waals surface area contributed by atoms with E-state index in [1.54, 1.807) is 19.2 Å².